The Balaban J connectivity index is 2.12. The molecule has 1 saturated heterocycles. The highest BCUT2D eigenvalue weighted by Gasteiger charge is 2.53. The standard InChI is InChI=1S/C20H35NO2/c1-7-23-17(22)20(6)14-19(5)13-18(4,10-8-15(2)3)11-9-16(19)12-21-20/h16,21H,2,7-14H2,1,3-6H3/t16?,18-,19?,20-/m0/s1. The van der Waals surface area contributed by atoms with Gasteiger partial charge in [-0.3, -0.25) is 4.79 Å². The molecule has 23 heavy (non-hydrogen) atoms. The predicted molar refractivity (Wildman–Crippen MR) is 95.3 cm³/mol. The summed E-state index contributed by atoms with van der Waals surface area (Å²) in [5.41, 5.74) is 1.33. The summed E-state index contributed by atoms with van der Waals surface area (Å²) < 4.78 is 5.33. The van der Waals surface area contributed by atoms with Gasteiger partial charge < -0.3 is 10.1 Å². The zero-order chi connectivity index (χ0) is 17.3. The van der Waals surface area contributed by atoms with Crippen molar-refractivity contribution in [3.63, 3.8) is 0 Å². The Morgan fingerprint density at radius 1 is 1.30 bits per heavy atom. The Morgan fingerprint density at radius 2 is 2.00 bits per heavy atom. The van der Waals surface area contributed by atoms with Gasteiger partial charge in [-0.05, 0) is 82.6 Å². The molecule has 1 N–H and O–H groups in total. The van der Waals surface area contributed by atoms with E-state index in [9.17, 15) is 4.79 Å². The number of esters is 1. The molecule has 2 unspecified atom stereocenters. The molecule has 0 bridgehead atoms. The molecular weight excluding hydrogens is 286 g/mol. The Morgan fingerprint density at radius 3 is 2.61 bits per heavy atom. The van der Waals surface area contributed by atoms with E-state index in [0.29, 0.717) is 17.9 Å². The molecule has 1 aliphatic carbocycles. The van der Waals surface area contributed by atoms with E-state index in [0.717, 1.165) is 19.4 Å². The van der Waals surface area contributed by atoms with Crippen LogP contribution in [0.4, 0.5) is 0 Å². The second-order valence-electron chi connectivity index (χ2n) is 8.94. The van der Waals surface area contributed by atoms with Crippen LogP contribution in [0.15, 0.2) is 12.2 Å². The molecule has 0 spiro atoms. The van der Waals surface area contributed by atoms with E-state index in [2.05, 4.69) is 32.7 Å². The van der Waals surface area contributed by atoms with Gasteiger partial charge in [-0.15, -0.1) is 6.58 Å². The fraction of sp³-hybridized carbons (Fsp3) is 0.850. The number of nitrogens with one attached hydrogen (secondary N) is 1. The van der Waals surface area contributed by atoms with Gasteiger partial charge in [0, 0.05) is 0 Å². The Kier molecular flexibility index (Phi) is 5.30. The summed E-state index contributed by atoms with van der Waals surface area (Å²) in [5.74, 6) is 0.580. The van der Waals surface area contributed by atoms with Crippen LogP contribution in [0.1, 0.15) is 73.1 Å². The van der Waals surface area contributed by atoms with Crippen molar-refractivity contribution in [3.8, 4) is 0 Å². The highest BCUT2D eigenvalue weighted by molar-refractivity contribution is 5.80. The van der Waals surface area contributed by atoms with E-state index in [1.54, 1.807) is 0 Å². The maximum absolute atomic E-state index is 12.4. The lowest BCUT2D eigenvalue weighted by Gasteiger charge is -2.56. The molecule has 0 aromatic carbocycles. The first kappa shape index (κ1) is 18.5. The van der Waals surface area contributed by atoms with Crippen LogP contribution < -0.4 is 5.32 Å². The fourth-order valence-electron chi connectivity index (χ4n) is 5.02. The number of fused-ring (bicyclic) bond motifs is 1. The fourth-order valence-corrected chi connectivity index (χ4v) is 5.02. The summed E-state index contributed by atoms with van der Waals surface area (Å²) in [4.78, 5) is 12.4. The third kappa shape index (κ3) is 3.99. The lowest BCUT2D eigenvalue weighted by molar-refractivity contribution is -0.156. The molecular formula is C20H35NO2. The first-order chi connectivity index (χ1) is 10.6. The molecule has 0 radical (unpaired) electrons. The van der Waals surface area contributed by atoms with Gasteiger partial charge in [0.2, 0.25) is 0 Å². The molecule has 132 valence electrons. The van der Waals surface area contributed by atoms with Gasteiger partial charge in [0.15, 0.2) is 0 Å². The summed E-state index contributed by atoms with van der Waals surface area (Å²) in [5, 5.41) is 3.49. The normalized spacial score (nSPS) is 40.3. The summed E-state index contributed by atoms with van der Waals surface area (Å²) >= 11 is 0. The van der Waals surface area contributed by atoms with Crippen molar-refractivity contribution in [2.45, 2.75) is 78.7 Å². The minimum Gasteiger partial charge on any atom is -0.465 e. The summed E-state index contributed by atoms with van der Waals surface area (Å²) in [6.07, 6.45) is 6.97. The Hall–Kier alpha value is -0.830. The largest absolute Gasteiger partial charge is 0.465 e. The van der Waals surface area contributed by atoms with Crippen LogP contribution in [-0.4, -0.2) is 24.7 Å². The first-order valence-corrected chi connectivity index (χ1v) is 9.19. The van der Waals surface area contributed by atoms with Gasteiger partial charge >= 0.3 is 5.97 Å². The van der Waals surface area contributed by atoms with Crippen LogP contribution in [0.2, 0.25) is 0 Å². The van der Waals surface area contributed by atoms with Crippen molar-refractivity contribution < 1.29 is 9.53 Å². The molecule has 3 heteroatoms. The molecule has 2 fully saturated rings. The molecule has 0 aromatic rings. The number of allylic oxidation sites excluding steroid dienone is 1. The molecule has 2 rings (SSSR count). The smallest absolute Gasteiger partial charge is 0.326 e. The van der Waals surface area contributed by atoms with Crippen molar-refractivity contribution in [2.75, 3.05) is 13.2 Å². The van der Waals surface area contributed by atoms with Gasteiger partial charge in [-0.25, -0.2) is 0 Å². The van der Waals surface area contributed by atoms with E-state index in [4.69, 9.17) is 4.74 Å². The van der Waals surface area contributed by atoms with Crippen molar-refractivity contribution >= 4 is 5.97 Å². The van der Waals surface area contributed by atoms with E-state index in [-0.39, 0.29) is 11.4 Å². The zero-order valence-electron chi connectivity index (χ0n) is 15.8. The number of hydrogen-bond donors (Lipinski definition) is 1. The lowest BCUT2D eigenvalue weighted by Crippen LogP contribution is -2.62. The monoisotopic (exact) mass is 321 g/mol. The topological polar surface area (TPSA) is 38.3 Å². The molecule has 0 amide bonds. The second kappa shape index (κ2) is 6.58. The zero-order valence-corrected chi connectivity index (χ0v) is 15.8. The van der Waals surface area contributed by atoms with Gasteiger partial charge in [-0.1, -0.05) is 19.4 Å². The summed E-state index contributed by atoms with van der Waals surface area (Å²) in [6.45, 7) is 16.3. The molecule has 4 atom stereocenters. The first-order valence-electron chi connectivity index (χ1n) is 9.19. The van der Waals surface area contributed by atoms with Crippen LogP contribution in [0.5, 0.6) is 0 Å². The summed E-state index contributed by atoms with van der Waals surface area (Å²) in [7, 11) is 0. The molecule has 3 nitrogen and oxygen atoms in total. The minimum atomic E-state index is -0.534. The third-order valence-electron chi connectivity index (χ3n) is 6.29. The van der Waals surface area contributed by atoms with Crippen molar-refractivity contribution in [1.29, 1.82) is 0 Å². The molecule has 0 aromatic heterocycles. The number of hydrogen-bond acceptors (Lipinski definition) is 3. The molecule has 1 heterocycles. The van der Waals surface area contributed by atoms with E-state index in [1.807, 2.05) is 13.8 Å². The Bertz CT molecular complexity index is 474. The van der Waals surface area contributed by atoms with Gasteiger partial charge in [0.05, 0.1) is 6.61 Å². The highest BCUT2D eigenvalue weighted by Crippen LogP contribution is 2.56. The molecule has 1 saturated carbocycles. The third-order valence-corrected chi connectivity index (χ3v) is 6.29. The predicted octanol–water partition coefficient (Wildman–Crippen LogP) is 4.47. The maximum Gasteiger partial charge on any atom is 0.326 e. The van der Waals surface area contributed by atoms with Crippen LogP contribution >= 0.6 is 0 Å². The SMILES string of the molecule is C=C(C)CC[C@@]1(C)CCC2CN[C@](C)(C(=O)OCC)CC2(C)C1. The number of piperidine rings is 1. The Labute approximate surface area is 142 Å². The second-order valence-corrected chi connectivity index (χ2v) is 8.94. The van der Waals surface area contributed by atoms with Crippen molar-refractivity contribution in [1.82, 2.24) is 5.32 Å². The minimum absolute atomic E-state index is 0.0890. The number of carbonyl (C=O) groups is 1. The van der Waals surface area contributed by atoms with Crippen LogP contribution in [0.3, 0.4) is 0 Å². The van der Waals surface area contributed by atoms with E-state index >= 15 is 0 Å². The van der Waals surface area contributed by atoms with Gasteiger partial charge in [-0.2, -0.15) is 0 Å². The van der Waals surface area contributed by atoms with Crippen molar-refractivity contribution in [3.05, 3.63) is 12.2 Å². The van der Waals surface area contributed by atoms with Crippen LogP contribution in [-0.2, 0) is 9.53 Å². The van der Waals surface area contributed by atoms with E-state index < -0.39 is 5.54 Å². The van der Waals surface area contributed by atoms with Gasteiger partial charge in [0.1, 0.15) is 5.54 Å². The lowest BCUT2D eigenvalue weighted by atomic mass is 9.53. The number of ether oxygens (including phenoxy) is 1. The van der Waals surface area contributed by atoms with Crippen LogP contribution in [0.25, 0.3) is 0 Å². The molecule has 1 aliphatic heterocycles. The quantitative estimate of drug-likeness (QED) is 0.600. The number of carbonyl (C=O) groups excluding carboxylic acids is 1. The number of rotatable bonds is 5. The van der Waals surface area contributed by atoms with Gasteiger partial charge in [0.25, 0.3) is 0 Å². The summed E-state index contributed by atoms with van der Waals surface area (Å²) in [6, 6.07) is 0. The van der Waals surface area contributed by atoms with Crippen molar-refractivity contribution in [2.24, 2.45) is 16.7 Å². The average molecular weight is 322 g/mol. The maximum atomic E-state index is 12.4. The highest BCUT2D eigenvalue weighted by atomic mass is 16.5. The average Bonchev–Trinajstić information content (AvgIpc) is 2.44. The van der Waals surface area contributed by atoms with Crippen LogP contribution in [0, 0.1) is 16.7 Å². The molecule has 2 aliphatic rings. The van der Waals surface area contributed by atoms with E-state index in [1.165, 1.54) is 31.3 Å².